The second-order valence-electron chi connectivity index (χ2n) is 5.25. The molecule has 0 saturated heterocycles. The lowest BCUT2D eigenvalue weighted by molar-refractivity contribution is 0.415. The fraction of sp³-hybridized carbons (Fsp3) is 0.333. The Morgan fingerprint density at radius 3 is 2.56 bits per heavy atom. The van der Waals surface area contributed by atoms with Crippen LogP contribution in [0, 0.1) is 0 Å². The Bertz CT molecular complexity index is 544. The van der Waals surface area contributed by atoms with E-state index in [2.05, 4.69) is 30.7 Å². The highest BCUT2D eigenvalue weighted by Gasteiger charge is 2.17. The molecule has 0 aliphatic heterocycles. The van der Waals surface area contributed by atoms with Crippen molar-refractivity contribution in [3.8, 4) is 17.0 Å². The molecule has 1 aromatic carbocycles. The van der Waals surface area contributed by atoms with E-state index >= 15 is 0 Å². The Balaban J connectivity index is 2.44. The molecule has 0 aliphatic carbocycles. The lowest BCUT2D eigenvalue weighted by Gasteiger charge is -2.16. The third-order valence-electron chi connectivity index (χ3n) is 2.69. The number of hydrogen-bond acceptors (Lipinski definition) is 3. The molecule has 0 atom stereocenters. The van der Waals surface area contributed by atoms with Gasteiger partial charge in [-0.25, -0.2) is 9.97 Å². The normalized spacial score (nSPS) is 11.3. The fourth-order valence-corrected chi connectivity index (χ4v) is 1.66. The first-order valence-corrected chi connectivity index (χ1v) is 5.98. The number of nitrogens with zero attached hydrogens (tertiary/aromatic N) is 2. The zero-order valence-electron chi connectivity index (χ0n) is 11.3. The smallest absolute Gasteiger partial charge is 0.134 e. The highest BCUT2D eigenvalue weighted by Crippen LogP contribution is 2.24. The minimum absolute atomic E-state index is 0.0467. The highest BCUT2D eigenvalue weighted by molar-refractivity contribution is 5.60. The summed E-state index contributed by atoms with van der Waals surface area (Å²) in [6, 6.07) is 9.82. The van der Waals surface area contributed by atoms with Gasteiger partial charge in [0.1, 0.15) is 11.6 Å². The summed E-state index contributed by atoms with van der Waals surface area (Å²) in [4.78, 5) is 8.96. The molecule has 0 radical (unpaired) electrons. The van der Waals surface area contributed by atoms with Gasteiger partial charge in [-0.3, -0.25) is 0 Å². The van der Waals surface area contributed by atoms with Crippen LogP contribution in [0.3, 0.4) is 0 Å². The maximum Gasteiger partial charge on any atom is 0.134 e. The molecule has 1 aromatic heterocycles. The predicted octanol–water partition coefficient (Wildman–Crippen LogP) is 3.45. The van der Waals surface area contributed by atoms with E-state index in [9.17, 15) is 0 Å². The Morgan fingerprint density at radius 2 is 1.89 bits per heavy atom. The standard InChI is InChI=1S/C15H18N2O/c1-15(2,3)14-16-9-8-13(17-14)11-6-5-7-12(10-11)18-4/h5-10H,1-4H3. The van der Waals surface area contributed by atoms with Crippen molar-refractivity contribution >= 4 is 0 Å². The average molecular weight is 242 g/mol. The Labute approximate surface area is 108 Å². The number of ether oxygens (including phenoxy) is 1. The van der Waals surface area contributed by atoms with Crippen LogP contribution in [0.15, 0.2) is 36.5 Å². The molecule has 3 heteroatoms. The van der Waals surface area contributed by atoms with Crippen LogP contribution in [0.5, 0.6) is 5.75 Å². The van der Waals surface area contributed by atoms with Gasteiger partial charge in [-0.1, -0.05) is 32.9 Å². The maximum absolute atomic E-state index is 5.23. The van der Waals surface area contributed by atoms with Crippen molar-refractivity contribution in [1.82, 2.24) is 9.97 Å². The van der Waals surface area contributed by atoms with Crippen LogP contribution in [0.1, 0.15) is 26.6 Å². The molecule has 18 heavy (non-hydrogen) atoms. The van der Waals surface area contributed by atoms with Crippen molar-refractivity contribution in [1.29, 1.82) is 0 Å². The summed E-state index contributed by atoms with van der Waals surface area (Å²) in [5, 5.41) is 0. The molecule has 0 bridgehead atoms. The molecule has 0 N–H and O–H groups in total. The molecule has 0 aliphatic rings. The van der Waals surface area contributed by atoms with E-state index in [1.54, 1.807) is 7.11 Å². The minimum atomic E-state index is -0.0467. The Kier molecular flexibility index (Phi) is 3.32. The van der Waals surface area contributed by atoms with E-state index in [0.29, 0.717) is 0 Å². The van der Waals surface area contributed by atoms with Crippen molar-refractivity contribution in [2.75, 3.05) is 7.11 Å². The summed E-state index contributed by atoms with van der Waals surface area (Å²) in [5.74, 6) is 1.69. The molecule has 0 amide bonds. The van der Waals surface area contributed by atoms with Gasteiger partial charge in [0.2, 0.25) is 0 Å². The lowest BCUT2D eigenvalue weighted by atomic mass is 9.95. The molecule has 0 unspecified atom stereocenters. The minimum Gasteiger partial charge on any atom is -0.497 e. The van der Waals surface area contributed by atoms with Crippen molar-refractivity contribution < 1.29 is 4.74 Å². The van der Waals surface area contributed by atoms with Crippen LogP contribution in [0.25, 0.3) is 11.3 Å². The fourth-order valence-electron chi connectivity index (χ4n) is 1.66. The van der Waals surface area contributed by atoms with Gasteiger partial charge in [0.15, 0.2) is 0 Å². The van der Waals surface area contributed by atoms with Crippen LogP contribution in [-0.2, 0) is 5.41 Å². The SMILES string of the molecule is COc1cccc(-c2ccnc(C(C)(C)C)n2)c1. The molecule has 3 nitrogen and oxygen atoms in total. The van der Waals surface area contributed by atoms with E-state index in [-0.39, 0.29) is 5.41 Å². The van der Waals surface area contributed by atoms with Gasteiger partial charge in [0, 0.05) is 17.2 Å². The number of aromatic nitrogens is 2. The zero-order valence-corrected chi connectivity index (χ0v) is 11.3. The molecule has 0 saturated carbocycles. The quantitative estimate of drug-likeness (QED) is 0.809. The van der Waals surface area contributed by atoms with Gasteiger partial charge in [-0.15, -0.1) is 0 Å². The average Bonchev–Trinajstić information content (AvgIpc) is 2.38. The summed E-state index contributed by atoms with van der Waals surface area (Å²) in [6.07, 6.45) is 1.81. The highest BCUT2D eigenvalue weighted by atomic mass is 16.5. The summed E-state index contributed by atoms with van der Waals surface area (Å²) in [5.41, 5.74) is 1.92. The van der Waals surface area contributed by atoms with Gasteiger partial charge in [0.25, 0.3) is 0 Å². The van der Waals surface area contributed by atoms with E-state index in [4.69, 9.17) is 4.74 Å². The van der Waals surface area contributed by atoms with Crippen LogP contribution in [-0.4, -0.2) is 17.1 Å². The molecule has 0 spiro atoms. The zero-order chi connectivity index (χ0) is 13.2. The summed E-state index contributed by atoms with van der Waals surface area (Å²) in [7, 11) is 1.67. The second-order valence-corrected chi connectivity index (χ2v) is 5.25. The van der Waals surface area contributed by atoms with Crippen LogP contribution in [0.2, 0.25) is 0 Å². The van der Waals surface area contributed by atoms with Crippen molar-refractivity contribution in [3.63, 3.8) is 0 Å². The molecule has 2 aromatic rings. The van der Waals surface area contributed by atoms with E-state index < -0.39 is 0 Å². The van der Waals surface area contributed by atoms with Gasteiger partial charge in [-0.05, 0) is 18.2 Å². The molecular formula is C15H18N2O. The molecule has 0 fully saturated rings. The topological polar surface area (TPSA) is 35.0 Å². The maximum atomic E-state index is 5.23. The van der Waals surface area contributed by atoms with Crippen LogP contribution >= 0.6 is 0 Å². The van der Waals surface area contributed by atoms with Crippen molar-refractivity contribution in [3.05, 3.63) is 42.4 Å². The first kappa shape index (κ1) is 12.6. The monoisotopic (exact) mass is 242 g/mol. The van der Waals surface area contributed by atoms with Gasteiger partial charge < -0.3 is 4.74 Å². The summed E-state index contributed by atoms with van der Waals surface area (Å²) < 4.78 is 5.23. The van der Waals surface area contributed by atoms with Crippen molar-refractivity contribution in [2.24, 2.45) is 0 Å². The van der Waals surface area contributed by atoms with E-state index in [1.807, 2.05) is 36.5 Å². The van der Waals surface area contributed by atoms with Gasteiger partial charge >= 0.3 is 0 Å². The molecular weight excluding hydrogens is 224 g/mol. The molecule has 1 heterocycles. The summed E-state index contributed by atoms with van der Waals surface area (Å²) >= 11 is 0. The van der Waals surface area contributed by atoms with Crippen molar-refractivity contribution in [2.45, 2.75) is 26.2 Å². The third-order valence-corrected chi connectivity index (χ3v) is 2.69. The largest absolute Gasteiger partial charge is 0.497 e. The van der Waals surface area contributed by atoms with Gasteiger partial charge in [0.05, 0.1) is 12.8 Å². The molecule has 94 valence electrons. The Morgan fingerprint density at radius 1 is 1.11 bits per heavy atom. The second kappa shape index (κ2) is 4.77. The van der Waals surface area contributed by atoms with Gasteiger partial charge in [-0.2, -0.15) is 0 Å². The number of rotatable bonds is 2. The number of methoxy groups -OCH3 is 1. The van der Waals surface area contributed by atoms with E-state index in [0.717, 1.165) is 22.8 Å². The summed E-state index contributed by atoms with van der Waals surface area (Å²) in [6.45, 7) is 6.33. The van der Waals surface area contributed by atoms with Crippen LogP contribution in [0.4, 0.5) is 0 Å². The number of hydrogen-bond donors (Lipinski definition) is 0. The Hall–Kier alpha value is -1.90. The molecule has 2 rings (SSSR count). The number of benzene rings is 1. The predicted molar refractivity (Wildman–Crippen MR) is 72.7 cm³/mol. The lowest BCUT2D eigenvalue weighted by Crippen LogP contribution is -2.15. The van der Waals surface area contributed by atoms with E-state index in [1.165, 1.54) is 0 Å². The first-order valence-electron chi connectivity index (χ1n) is 5.98. The first-order chi connectivity index (χ1) is 8.50. The third kappa shape index (κ3) is 2.67. The van der Waals surface area contributed by atoms with Crippen LogP contribution < -0.4 is 4.74 Å².